The van der Waals surface area contributed by atoms with Gasteiger partial charge in [0.2, 0.25) is 0 Å². The van der Waals surface area contributed by atoms with Crippen LogP contribution in [0.1, 0.15) is 18.3 Å². The smallest absolute Gasteiger partial charge is 0.191 e. The number of ether oxygens (including phenoxy) is 1. The van der Waals surface area contributed by atoms with Crippen molar-refractivity contribution in [3.63, 3.8) is 0 Å². The number of tetrazole rings is 1. The van der Waals surface area contributed by atoms with Crippen molar-refractivity contribution in [2.24, 2.45) is 11.7 Å². The van der Waals surface area contributed by atoms with Crippen LogP contribution in [-0.2, 0) is 4.74 Å². The number of aromatic nitrogens is 4. The number of hydrogen-bond donors (Lipinski definition) is 2. The third kappa shape index (κ3) is 1.30. The molecule has 3 N–H and O–H groups in total. The molecule has 0 bridgehead atoms. The molecule has 1 aliphatic rings. The molecule has 66 valence electrons. The normalized spacial score (nSPS) is 25.9. The minimum absolute atomic E-state index is 0.147. The highest BCUT2D eigenvalue weighted by molar-refractivity contribution is 4.92. The highest BCUT2D eigenvalue weighted by Gasteiger charge is 2.26. The van der Waals surface area contributed by atoms with Gasteiger partial charge in [-0.2, -0.15) is 5.21 Å². The molecule has 2 rings (SSSR count). The molecule has 1 aromatic rings. The predicted octanol–water partition coefficient (Wildman–Crippen LogP) is -0.764. The van der Waals surface area contributed by atoms with Gasteiger partial charge in [-0.25, -0.2) is 0 Å². The average molecular weight is 169 g/mol. The van der Waals surface area contributed by atoms with Crippen molar-refractivity contribution in [3.8, 4) is 0 Å². The lowest BCUT2D eigenvalue weighted by Gasteiger charge is -2.12. The maximum Gasteiger partial charge on any atom is 0.191 e. The summed E-state index contributed by atoms with van der Waals surface area (Å²) in [7, 11) is 0. The van der Waals surface area contributed by atoms with E-state index in [9.17, 15) is 0 Å². The molecule has 2 heterocycles. The maximum absolute atomic E-state index is 5.88. The average Bonchev–Trinajstić information content (AvgIpc) is 2.77. The van der Waals surface area contributed by atoms with Crippen molar-refractivity contribution in [3.05, 3.63) is 5.82 Å². The first-order valence-electron chi connectivity index (χ1n) is 3.94. The largest absolute Gasteiger partial charge is 0.381 e. The highest BCUT2D eigenvalue weighted by Crippen LogP contribution is 2.23. The zero-order valence-electron chi connectivity index (χ0n) is 6.60. The fourth-order valence-electron chi connectivity index (χ4n) is 1.36. The zero-order valence-corrected chi connectivity index (χ0v) is 6.60. The molecular weight excluding hydrogens is 158 g/mol. The fourth-order valence-corrected chi connectivity index (χ4v) is 1.36. The Balaban J connectivity index is 2.04. The van der Waals surface area contributed by atoms with E-state index >= 15 is 0 Å². The van der Waals surface area contributed by atoms with E-state index in [4.69, 9.17) is 10.5 Å². The van der Waals surface area contributed by atoms with E-state index in [0.29, 0.717) is 18.3 Å². The zero-order chi connectivity index (χ0) is 8.39. The van der Waals surface area contributed by atoms with Gasteiger partial charge in [0, 0.05) is 12.5 Å². The number of nitrogens with two attached hydrogens (primary N) is 1. The van der Waals surface area contributed by atoms with Crippen LogP contribution in [-0.4, -0.2) is 33.8 Å². The summed E-state index contributed by atoms with van der Waals surface area (Å²) in [6.07, 6.45) is 0.982. The molecule has 0 aliphatic carbocycles. The number of aromatic amines is 1. The molecule has 0 saturated carbocycles. The Labute approximate surface area is 69.5 Å². The van der Waals surface area contributed by atoms with Crippen LogP contribution in [0.4, 0.5) is 0 Å². The maximum atomic E-state index is 5.88. The van der Waals surface area contributed by atoms with Crippen molar-refractivity contribution >= 4 is 0 Å². The third-order valence-electron chi connectivity index (χ3n) is 2.13. The summed E-state index contributed by atoms with van der Waals surface area (Å²) < 4.78 is 5.21. The van der Waals surface area contributed by atoms with Gasteiger partial charge in [-0.1, -0.05) is 5.21 Å². The van der Waals surface area contributed by atoms with Gasteiger partial charge < -0.3 is 10.5 Å². The van der Waals surface area contributed by atoms with Gasteiger partial charge in [0.05, 0.1) is 12.6 Å². The molecule has 1 aliphatic heterocycles. The molecule has 0 radical (unpaired) electrons. The molecule has 12 heavy (non-hydrogen) atoms. The van der Waals surface area contributed by atoms with E-state index in [1.54, 1.807) is 0 Å². The van der Waals surface area contributed by atoms with E-state index in [0.717, 1.165) is 13.0 Å². The van der Waals surface area contributed by atoms with E-state index in [-0.39, 0.29) is 6.04 Å². The van der Waals surface area contributed by atoms with Crippen LogP contribution < -0.4 is 5.73 Å². The van der Waals surface area contributed by atoms with Crippen LogP contribution >= 0.6 is 0 Å². The summed E-state index contributed by atoms with van der Waals surface area (Å²) >= 11 is 0. The van der Waals surface area contributed by atoms with Crippen molar-refractivity contribution in [1.29, 1.82) is 0 Å². The Morgan fingerprint density at radius 2 is 2.58 bits per heavy atom. The second kappa shape index (κ2) is 3.16. The molecule has 1 saturated heterocycles. The summed E-state index contributed by atoms with van der Waals surface area (Å²) in [5, 5.41) is 13.5. The standard InChI is InChI=1S/C6H11N5O/c7-5(4-1-2-12-3-4)6-8-10-11-9-6/h4-5H,1-3,7H2,(H,8,9,10,11). The van der Waals surface area contributed by atoms with Gasteiger partial charge in [-0.15, -0.1) is 10.2 Å². The summed E-state index contributed by atoms with van der Waals surface area (Å²) in [4.78, 5) is 0. The van der Waals surface area contributed by atoms with Crippen molar-refractivity contribution in [2.75, 3.05) is 13.2 Å². The van der Waals surface area contributed by atoms with E-state index < -0.39 is 0 Å². The first kappa shape index (κ1) is 7.63. The predicted molar refractivity (Wildman–Crippen MR) is 40.0 cm³/mol. The summed E-state index contributed by atoms with van der Waals surface area (Å²) in [6.45, 7) is 1.49. The third-order valence-corrected chi connectivity index (χ3v) is 2.13. The summed E-state index contributed by atoms with van der Waals surface area (Å²) in [6, 6.07) is -0.147. The first-order chi connectivity index (χ1) is 5.88. The quantitative estimate of drug-likeness (QED) is 0.607. The SMILES string of the molecule is NC(c1nn[nH]n1)C1CCOC1. The Morgan fingerprint density at radius 3 is 3.17 bits per heavy atom. The topological polar surface area (TPSA) is 89.7 Å². The molecule has 6 heteroatoms. The Bertz CT molecular complexity index is 230. The van der Waals surface area contributed by atoms with E-state index in [2.05, 4.69) is 20.6 Å². The van der Waals surface area contributed by atoms with E-state index in [1.807, 2.05) is 0 Å². The number of nitrogens with zero attached hydrogens (tertiary/aromatic N) is 3. The molecule has 2 unspecified atom stereocenters. The number of nitrogens with one attached hydrogen (secondary N) is 1. The molecule has 0 aromatic carbocycles. The molecule has 0 amide bonds. The second-order valence-electron chi connectivity index (χ2n) is 2.92. The van der Waals surface area contributed by atoms with Gasteiger partial charge in [-0.3, -0.25) is 0 Å². The van der Waals surface area contributed by atoms with Crippen LogP contribution in [0.5, 0.6) is 0 Å². The van der Waals surface area contributed by atoms with Gasteiger partial charge in [0.15, 0.2) is 5.82 Å². The molecule has 1 aromatic heterocycles. The fraction of sp³-hybridized carbons (Fsp3) is 0.833. The van der Waals surface area contributed by atoms with Crippen LogP contribution in [0.3, 0.4) is 0 Å². The molecule has 2 atom stereocenters. The Kier molecular flexibility index (Phi) is 2.01. The summed E-state index contributed by atoms with van der Waals surface area (Å²) in [5.41, 5.74) is 5.88. The Morgan fingerprint density at radius 1 is 1.67 bits per heavy atom. The molecule has 1 fully saturated rings. The number of H-pyrrole nitrogens is 1. The molecule has 6 nitrogen and oxygen atoms in total. The van der Waals surface area contributed by atoms with E-state index in [1.165, 1.54) is 0 Å². The van der Waals surface area contributed by atoms with Crippen molar-refractivity contribution < 1.29 is 4.74 Å². The van der Waals surface area contributed by atoms with Gasteiger partial charge in [0.25, 0.3) is 0 Å². The minimum atomic E-state index is -0.147. The first-order valence-corrected chi connectivity index (χ1v) is 3.94. The second-order valence-corrected chi connectivity index (χ2v) is 2.92. The minimum Gasteiger partial charge on any atom is -0.381 e. The van der Waals surface area contributed by atoms with Crippen LogP contribution in [0.25, 0.3) is 0 Å². The van der Waals surface area contributed by atoms with Gasteiger partial charge >= 0.3 is 0 Å². The van der Waals surface area contributed by atoms with Crippen LogP contribution in [0.15, 0.2) is 0 Å². The summed E-state index contributed by atoms with van der Waals surface area (Å²) in [5.74, 6) is 0.910. The molecule has 0 spiro atoms. The number of hydrogen-bond acceptors (Lipinski definition) is 5. The number of rotatable bonds is 2. The van der Waals surface area contributed by atoms with Crippen molar-refractivity contribution in [2.45, 2.75) is 12.5 Å². The lowest BCUT2D eigenvalue weighted by Crippen LogP contribution is -2.22. The van der Waals surface area contributed by atoms with Crippen LogP contribution in [0.2, 0.25) is 0 Å². The monoisotopic (exact) mass is 169 g/mol. The highest BCUT2D eigenvalue weighted by atomic mass is 16.5. The molecular formula is C6H11N5O. The van der Waals surface area contributed by atoms with Crippen molar-refractivity contribution in [1.82, 2.24) is 20.6 Å². The Hall–Kier alpha value is -1.01. The lowest BCUT2D eigenvalue weighted by atomic mass is 10.00. The van der Waals surface area contributed by atoms with Gasteiger partial charge in [0.1, 0.15) is 0 Å². The van der Waals surface area contributed by atoms with Gasteiger partial charge in [-0.05, 0) is 6.42 Å². The lowest BCUT2D eigenvalue weighted by molar-refractivity contribution is 0.180. The van der Waals surface area contributed by atoms with Crippen LogP contribution in [0, 0.1) is 5.92 Å².